The van der Waals surface area contributed by atoms with Gasteiger partial charge in [-0.3, -0.25) is 14.4 Å². The van der Waals surface area contributed by atoms with Gasteiger partial charge >= 0.3 is 12.0 Å². The molecule has 1 atom stereocenters. The molecular formula is C29H30N4O7. The second kappa shape index (κ2) is 13.7. The predicted molar refractivity (Wildman–Crippen MR) is 146 cm³/mol. The van der Waals surface area contributed by atoms with Gasteiger partial charge < -0.3 is 35.5 Å². The SMILES string of the molecule is CCOC(=O)CC(NC(=O)CNC(=O)c1cccc(NC(=O)NCc2ccccc2)c1)c1ccc2c(c1)OCO2. The van der Waals surface area contributed by atoms with E-state index < -0.39 is 29.9 Å². The first-order valence-electron chi connectivity index (χ1n) is 12.7. The number of hydrogen-bond acceptors (Lipinski definition) is 7. The second-order valence-electron chi connectivity index (χ2n) is 8.80. The van der Waals surface area contributed by atoms with Crippen molar-refractivity contribution in [3.8, 4) is 11.5 Å². The Labute approximate surface area is 231 Å². The fourth-order valence-electron chi connectivity index (χ4n) is 3.97. The summed E-state index contributed by atoms with van der Waals surface area (Å²) in [7, 11) is 0. The standard InChI is InChI=1S/C29H30N4O7/c1-2-38-27(35)15-23(20-11-12-24-25(14-20)40-18-39-24)33-26(34)17-30-28(36)21-9-6-10-22(13-21)32-29(37)31-16-19-7-4-3-5-8-19/h3-14,23H,2,15-18H2,1H3,(H,30,36)(H,33,34)(H2,31,32,37). The highest BCUT2D eigenvalue weighted by molar-refractivity contribution is 5.98. The number of hydrogen-bond donors (Lipinski definition) is 4. The van der Waals surface area contributed by atoms with Crippen LogP contribution in [-0.4, -0.2) is 43.8 Å². The molecule has 0 spiro atoms. The molecule has 0 fully saturated rings. The second-order valence-corrected chi connectivity index (χ2v) is 8.80. The van der Waals surface area contributed by atoms with Crippen molar-refractivity contribution in [3.63, 3.8) is 0 Å². The number of ether oxygens (including phenoxy) is 3. The first-order chi connectivity index (χ1) is 19.4. The molecule has 3 aromatic rings. The highest BCUT2D eigenvalue weighted by atomic mass is 16.7. The fourth-order valence-corrected chi connectivity index (χ4v) is 3.97. The summed E-state index contributed by atoms with van der Waals surface area (Å²) in [5.41, 5.74) is 2.25. The van der Waals surface area contributed by atoms with E-state index in [0.29, 0.717) is 29.3 Å². The quantitative estimate of drug-likeness (QED) is 0.270. The Morgan fingerprint density at radius 1 is 0.900 bits per heavy atom. The number of carbonyl (C=O) groups is 4. The summed E-state index contributed by atoms with van der Waals surface area (Å²) < 4.78 is 15.8. The number of amides is 4. The van der Waals surface area contributed by atoms with Crippen LogP contribution in [-0.2, 0) is 20.9 Å². The zero-order valence-corrected chi connectivity index (χ0v) is 21.9. The molecule has 0 bridgehead atoms. The van der Waals surface area contributed by atoms with Crippen molar-refractivity contribution in [1.82, 2.24) is 16.0 Å². The highest BCUT2D eigenvalue weighted by Crippen LogP contribution is 2.34. The van der Waals surface area contributed by atoms with Gasteiger partial charge in [-0.15, -0.1) is 0 Å². The molecule has 0 aromatic heterocycles. The van der Waals surface area contributed by atoms with Gasteiger partial charge in [0.15, 0.2) is 11.5 Å². The van der Waals surface area contributed by atoms with Gasteiger partial charge in [-0.25, -0.2) is 4.79 Å². The number of fused-ring (bicyclic) bond motifs is 1. The summed E-state index contributed by atoms with van der Waals surface area (Å²) in [6.45, 7) is 2.01. The molecule has 1 aliphatic rings. The van der Waals surface area contributed by atoms with E-state index >= 15 is 0 Å². The molecule has 0 aliphatic carbocycles. The molecule has 3 aromatic carbocycles. The minimum atomic E-state index is -0.708. The third-order valence-corrected chi connectivity index (χ3v) is 5.90. The van der Waals surface area contributed by atoms with Crippen molar-refractivity contribution < 1.29 is 33.4 Å². The van der Waals surface area contributed by atoms with Crippen LogP contribution in [0.15, 0.2) is 72.8 Å². The van der Waals surface area contributed by atoms with Gasteiger partial charge in [-0.2, -0.15) is 0 Å². The van der Waals surface area contributed by atoms with E-state index in [-0.39, 0.29) is 31.9 Å². The van der Waals surface area contributed by atoms with Crippen molar-refractivity contribution in [2.24, 2.45) is 0 Å². The Balaban J connectivity index is 1.31. The van der Waals surface area contributed by atoms with Gasteiger partial charge in [0.05, 0.1) is 25.6 Å². The summed E-state index contributed by atoms with van der Waals surface area (Å²) in [5.74, 6) is -0.409. The first-order valence-corrected chi connectivity index (χ1v) is 12.7. The number of carbonyl (C=O) groups excluding carboxylic acids is 4. The van der Waals surface area contributed by atoms with E-state index in [1.54, 1.807) is 43.3 Å². The molecule has 0 saturated carbocycles. The van der Waals surface area contributed by atoms with E-state index in [4.69, 9.17) is 14.2 Å². The van der Waals surface area contributed by atoms with Crippen molar-refractivity contribution in [2.45, 2.75) is 25.9 Å². The predicted octanol–water partition coefficient (Wildman–Crippen LogP) is 3.28. The van der Waals surface area contributed by atoms with E-state index in [9.17, 15) is 19.2 Å². The van der Waals surface area contributed by atoms with Crippen LogP contribution in [0.2, 0.25) is 0 Å². The maximum atomic E-state index is 12.7. The smallest absolute Gasteiger partial charge is 0.319 e. The average Bonchev–Trinajstić information content (AvgIpc) is 3.43. The van der Waals surface area contributed by atoms with Crippen LogP contribution in [0.25, 0.3) is 0 Å². The van der Waals surface area contributed by atoms with E-state index in [0.717, 1.165) is 5.56 Å². The Hall–Kier alpha value is -5.06. The number of nitrogens with one attached hydrogen (secondary N) is 4. The molecular weight excluding hydrogens is 516 g/mol. The van der Waals surface area contributed by atoms with Gasteiger partial charge in [0.25, 0.3) is 5.91 Å². The van der Waals surface area contributed by atoms with Gasteiger partial charge in [0, 0.05) is 17.8 Å². The summed E-state index contributed by atoms with van der Waals surface area (Å²) in [5, 5.41) is 10.8. The van der Waals surface area contributed by atoms with E-state index in [2.05, 4.69) is 21.3 Å². The third-order valence-electron chi connectivity index (χ3n) is 5.90. The minimum Gasteiger partial charge on any atom is -0.466 e. The lowest BCUT2D eigenvalue weighted by atomic mass is 10.0. The first kappa shape index (κ1) is 28.0. The lowest BCUT2D eigenvalue weighted by molar-refractivity contribution is -0.143. The normalized spacial score (nSPS) is 12.1. The summed E-state index contributed by atoms with van der Waals surface area (Å²) in [4.78, 5) is 49.9. The monoisotopic (exact) mass is 546 g/mol. The van der Waals surface area contributed by atoms with Gasteiger partial charge in [-0.05, 0) is 48.4 Å². The Morgan fingerprint density at radius 3 is 2.50 bits per heavy atom. The Kier molecular flexibility index (Phi) is 9.54. The van der Waals surface area contributed by atoms with Crippen molar-refractivity contribution in [1.29, 1.82) is 0 Å². The molecule has 208 valence electrons. The molecule has 11 heteroatoms. The molecule has 4 N–H and O–H groups in total. The molecule has 1 heterocycles. The van der Waals surface area contributed by atoms with E-state index in [1.165, 1.54) is 6.07 Å². The van der Waals surface area contributed by atoms with Crippen LogP contribution in [0.1, 0.15) is 40.9 Å². The molecule has 0 saturated heterocycles. The molecule has 0 radical (unpaired) electrons. The van der Waals surface area contributed by atoms with Gasteiger partial charge in [0.1, 0.15) is 0 Å². The number of benzene rings is 3. The molecule has 4 amide bonds. The highest BCUT2D eigenvalue weighted by Gasteiger charge is 2.23. The van der Waals surface area contributed by atoms with Crippen LogP contribution in [0.5, 0.6) is 11.5 Å². The Morgan fingerprint density at radius 2 is 1.70 bits per heavy atom. The van der Waals surface area contributed by atoms with E-state index in [1.807, 2.05) is 30.3 Å². The Bertz CT molecular complexity index is 1360. The van der Waals surface area contributed by atoms with Crippen molar-refractivity contribution in [2.75, 3.05) is 25.3 Å². The summed E-state index contributed by atoms with van der Waals surface area (Å²) in [6.07, 6.45) is -0.104. The van der Waals surface area contributed by atoms with Crippen LogP contribution in [0.3, 0.4) is 0 Å². The largest absolute Gasteiger partial charge is 0.466 e. The minimum absolute atomic E-state index is 0.0921. The zero-order chi connectivity index (χ0) is 28.3. The van der Waals surface area contributed by atoms with Crippen LogP contribution < -0.4 is 30.7 Å². The summed E-state index contributed by atoms with van der Waals surface area (Å²) >= 11 is 0. The lowest BCUT2D eigenvalue weighted by Gasteiger charge is -2.19. The number of anilines is 1. The molecule has 1 aliphatic heterocycles. The number of esters is 1. The van der Waals surface area contributed by atoms with Crippen molar-refractivity contribution >= 4 is 29.5 Å². The van der Waals surface area contributed by atoms with Gasteiger partial charge in [0.2, 0.25) is 12.7 Å². The van der Waals surface area contributed by atoms with Crippen molar-refractivity contribution in [3.05, 3.63) is 89.5 Å². The van der Waals surface area contributed by atoms with Crippen LogP contribution in [0.4, 0.5) is 10.5 Å². The number of rotatable bonds is 11. The third kappa shape index (κ3) is 7.97. The average molecular weight is 547 g/mol. The lowest BCUT2D eigenvalue weighted by Crippen LogP contribution is -2.39. The number of urea groups is 1. The zero-order valence-electron chi connectivity index (χ0n) is 21.9. The maximum Gasteiger partial charge on any atom is 0.319 e. The van der Waals surface area contributed by atoms with Gasteiger partial charge in [-0.1, -0.05) is 42.5 Å². The molecule has 40 heavy (non-hydrogen) atoms. The summed E-state index contributed by atoms with van der Waals surface area (Å²) in [6, 6.07) is 19.8. The fraction of sp³-hybridized carbons (Fsp3) is 0.241. The van der Waals surface area contributed by atoms with Crippen LogP contribution in [0, 0.1) is 0 Å². The molecule has 11 nitrogen and oxygen atoms in total. The van der Waals surface area contributed by atoms with Crippen LogP contribution >= 0.6 is 0 Å². The molecule has 4 rings (SSSR count). The topological polar surface area (TPSA) is 144 Å². The molecule has 1 unspecified atom stereocenters. The maximum absolute atomic E-state index is 12.7.